The minimum atomic E-state index is 0.473. The van der Waals surface area contributed by atoms with Gasteiger partial charge in [0.25, 0.3) is 5.89 Å². The Morgan fingerprint density at radius 3 is 2.85 bits per heavy atom. The van der Waals surface area contributed by atoms with Crippen molar-refractivity contribution in [2.24, 2.45) is 0 Å². The van der Waals surface area contributed by atoms with Gasteiger partial charge in [-0.25, -0.2) is 0 Å². The summed E-state index contributed by atoms with van der Waals surface area (Å²) in [5, 5.41) is 5.34. The van der Waals surface area contributed by atoms with E-state index in [2.05, 4.69) is 10.1 Å². The number of nitrogens with two attached hydrogens (primary N) is 1. The van der Waals surface area contributed by atoms with Crippen LogP contribution in [0.25, 0.3) is 11.5 Å². The van der Waals surface area contributed by atoms with Crippen molar-refractivity contribution in [3.63, 3.8) is 0 Å². The van der Waals surface area contributed by atoms with E-state index < -0.39 is 0 Å². The molecule has 2 N–H and O–H groups in total. The van der Waals surface area contributed by atoms with Crippen molar-refractivity contribution in [3.8, 4) is 11.5 Å². The third-order valence-corrected chi connectivity index (χ3v) is 4.97. The van der Waals surface area contributed by atoms with Crippen LogP contribution in [0.5, 0.6) is 0 Å². The zero-order valence-electron chi connectivity index (χ0n) is 11.0. The van der Waals surface area contributed by atoms with Gasteiger partial charge < -0.3 is 10.3 Å². The topological polar surface area (TPSA) is 64.9 Å². The van der Waals surface area contributed by atoms with Gasteiger partial charge in [-0.1, -0.05) is 29.6 Å². The highest BCUT2D eigenvalue weighted by atomic mass is 35.5. The third-order valence-electron chi connectivity index (χ3n) is 3.39. The average Bonchev–Trinajstić information content (AvgIpc) is 3.07. The van der Waals surface area contributed by atoms with Gasteiger partial charge in [-0.05, 0) is 31.0 Å². The first kappa shape index (κ1) is 13.8. The number of aromatic nitrogens is 2. The van der Waals surface area contributed by atoms with Gasteiger partial charge in [-0.3, -0.25) is 0 Å². The van der Waals surface area contributed by atoms with E-state index in [-0.39, 0.29) is 0 Å². The SMILES string of the molecule is Nc1cc(Cl)cc(-c2nc(CSC3CCCC3)no2)c1. The molecule has 106 valence electrons. The lowest BCUT2D eigenvalue weighted by Gasteiger charge is -2.04. The monoisotopic (exact) mass is 309 g/mol. The Bertz CT molecular complexity index is 576. The molecule has 0 amide bonds. The van der Waals surface area contributed by atoms with Crippen molar-refractivity contribution in [2.45, 2.75) is 36.7 Å². The van der Waals surface area contributed by atoms with Crippen LogP contribution in [0.1, 0.15) is 31.5 Å². The normalized spacial score (nSPS) is 15.8. The Morgan fingerprint density at radius 1 is 1.30 bits per heavy atom. The second kappa shape index (κ2) is 6.06. The Kier molecular flexibility index (Phi) is 4.17. The fourth-order valence-corrected chi connectivity index (χ4v) is 3.83. The first-order valence-electron chi connectivity index (χ1n) is 6.71. The van der Waals surface area contributed by atoms with Gasteiger partial charge in [-0.15, -0.1) is 0 Å². The summed E-state index contributed by atoms with van der Waals surface area (Å²) in [6.07, 6.45) is 5.30. The molecule has 20 heavy (non-hydrogen) atoms. The van der Waals surface area contributed by atoms with Crippen LogP contribution < -0.4 is 5.73 Å². The van der Waals surface area contributed by atoms with Crippen molar-refractivity contribution in [1.82, 2.24) is 10.1 Å². The van der Waals surface area contributed by atoms with E-state index in [1.807, 2.05) is 11.8 Å². The Labute approximate surface area is 127 Å². The molecule has 3 rings (SSSR count). The number of benzene rings is 1. The third kappa shape index (κ3) is 3.27. The van der Waals surface area contributed by atoms with Gasteiger partial charge >= 0.3 is 0 Å². The summed E-state index contributed by atoms with van der Waals surface area (Å²) in [4.78, 5) is 4.41. The second-order valence-electron chi connectivity index (χ2n) is 5.01. The molecule has 4 nitrogen and oxygen atoms in total. The molecule has 2 aromatic rings. The molecule has 0 atom stereocenters. The van der Waals surface area contributed by atoms with Crippen molar-refractivity contribution in [1.29, 1.82) is 0 Å². The molecule has 1 aliphatic rings. The lowest BCUT2D eigenvalue weighted by atomic mass is 10.2. The fourth-order valence-electron chi connectivity index (χ4n) is 2.41. The minimum absolute atomic E-state index is 0.473. The smallest absolute Gasteiger partial charge is 0.258 e. The molecule has 0 spiro atoms. The number of nitrogens with zero attached hydrogens (tertiary/aromatic N) is 2. The summed E-state index contributed by atoms with van der Waals surface area (Å²) in [6, 6.07) is 5.25. The lowest BCUT2D eigenvalue weighted by molar-refractivity contribution is 0.425. The van der Waals surface area contributed by atoms with Crippen molar-refractivity contribution in [3.05, 3.63) is 29.0 Å². The second-order valence-corrected chi connectivity index (χ2v) is 6.73. The molecule has 1 fully saturated rings. The maximum Gasteiger partial charge on any atom is 0.258 e. The van der Waals surface area contributed by atoms with Crippen LogP contribution in [0.2, 0.25) is 5.02 Å². The van der Waals surface area contributed by atoms with Crippen LogP contribution in [-0.4, -0.2) is 15.4 Å². The number of hydrogen-bond acceptors (Lipinski definition) is 5. The molecule has 1 aromatic carbocycles. The lowest BCUT2D eigenvalue weighted by Crippen LogP contribution is -1.95. The standard InChI is InChI=1S/C14H16ClN3OS/c15-10-5-9(6-11(16)7-10)14-17-13(18-19-14)8-20-12-3-1-2-4-12/h5-7,12H,1-4,8,16H2. The summed E-state index contributed by atoms with van der Waals surface area (Å²) in [5.41, 5.74) is 7.12. The molecular formula is C14H16ClN3OS. The van der Waals surface area contributed by atoms with Crippen LogP contribution in [0.15, 0.2) is 22.7 Å². The van der Waals surface area contributed by atoms with Gasteiger partial charge in [-0.2, -0.15) is 16.7 Å². The van der Waals surface area contributed by atoms with Crippen LogP contribution in [0.3, 0.4) is 0 Å². The maximum absolute atomic E-state index is 5.98. The Morgan fingerprint density at radius 2 is 2.10 bits per heavy atom. The summed E-state index contributed by atoms with van der Waals surface area (Å²) >= 11 is 7.90. The van der Waals surface area contributed by atoms with E-state index in [0.717, 1.165) is 22.4 Å². The van der Waals surface area contributed by atoms with Crippen LogP contribution in [0, 0.1) is 0 Å². The van der Waals surface area contributed by atoms with Gasteiger partial charge in [0.1, 0.15) is 0 Å². The summed E-state index contributed by atoms with van der Waals surface area (Å²) in [7, 11) is 0. The van der Waals surface area contributed by atoms with Gasteiger partial charge in [0, 0.05) is 21.5 Å². The van der Waals surface area contributed by atoms with Crippen LogP contribution >= 0.6 is 23.4 Å². The number of rotatable bonds is 4. The number of anilines is 1. The summed E-state index contributed by atoms with van der Waals surface area (Å²) in [5.74, 6) is 2.00. The number of nitrogen functional groups attached to an aromatic ring is 1. The largest absolute Gasteiger partial charge is 0.399 e. The van der Waals surface area contributed by atoms with Gasteiger partial charge in [0.2, 0.25) is 0 Å². The molecule has 6 heteroatoms. The van der Waals surface area contributed by atoms with Crippen molar-refractivity contribution < 1.29 is 4.52 Å². The van der Waals surface area contributed by atoms with Gasteiger partial charge in [0.05, 0.1) is 5.75 Å². The zero-order chi connectivity index (χ0) is 13.9. The van der Waals surface area contributed by atoms with E-state index in [9.17, 15) is 0 Å². The minimum Gasteiger partial charge on any atom is -0.399 e. The van der Waals surface area contributed by atoms with Crippen molar-refractivity contribution >= 4 is 29.1 Å². The molecule has 0 bridgehead atoms. The quantitative estimate of drug-likeness (QED) is 0.859. The number of halogens is 1. The molecular weight excluding hydrogens is 294 g/mol. The number of thioether (sulfide) groups is 1. The summed E-state index contributed by atoms with van der Waals surface area (Å²) in [6.45, 7) is 0. The molecule has 0 unspecified atom stereocenters. The van der Waals surface area contributed by atoms with Gasteiger partial charge in [0.15, 0.2) is 5.82 Å². The van der Waals surface area contributed by atoms with E-state index in [0.29, 0.717) is 16.6 Å². The predicted octanol–water partition coefficient (Wildman–Crippen LogP) is 4.15. The Balaban J connectivity index is 1.69. The van der Waals surface area contributed by atoms with Crippen molar-refractivity contribution in [2.75, 3.05) is 5.73 Å². The fraction of sp³-hybridized carbons (Fsp3) is 0.429. The van der Waals surface area contributed by atoms with E-state index >= 15 is 0 Å². The summed E-state index contributed by atoms with van der Waals surface area (Å²) < 4.78 is 5.29. The number of hydrogen-bond donors (Lipinski definition) is 1. The van der Waals surface area contributed by atoms with Crippen LogP contribution in [-0.2, 0) is 5.75 Å². The Hall–Kier alpha value is -1.20. The highest BCUT2D eigenvalue weighted by Gasteiger charge is 2.17. The maximum atomic E-state index is 5.98. The highest BCUT2D eigenvalue weighted by molar-refractivity contribution is 7.99. The first-order valence-corrected chi connectivity index (χ1v) is 8.14. The first-order chi connectivity index (χ1) is 9.70. The van der Waals surface area contributed by atoms with E-state index in [1.54, 1.807) is 18.2 Å². The molecule has 1 heterocycles. The molecule has 1 aromatic heterocycles. The molecule has 0 saturated heterocycles. The molecule has 0 radical (unpaired) electrons. The molecule has 1 saturated carbocycles. The van der Waals surface area contributed by atoms with E-state index in [4.69, 9.17) is 21.9 Å². The predicted molar refractivity (Wildman–Crippen MR) is 82.7 cm³/mol. The zero-order valence-corrected chi connectivity index (χ0v) is 12.6. The molecule has 1 aliphatic carbocycles. The van der Waals surface area contributed by atoms with E-state index in [1.165, 1.54) is 25.7 Å². The molecule has 0 aliphatic heterocycles. The van der Waals surface area contributed by atoms with Crippen LogP contribution in [0.4, 0.5) is 5.69 Å². The average molecular weight is 310 g/mol. The highest BCUT2D eigenvalue weighted by Crippen LogP contribution is 2.31.